The summed E-state index contributed by atoms with van der Waals surface area (Å²) in [6.45, 7) is 0. The maximum atomic E-state index is 11.4. The van der Waals surface area contributed by atoms with Crippen LogP contribution >= 0.6 is 15.9 Å². The molecule has 0 fully saturated rings. The summed E-state index contributed by atoms with van der Waals surface area (Å²) in [7, 11) is 0. The van der Waals surface area contributed by atoms with Crippen LogP contribution in [0.25, 0.3) is 0 Å². The van der Waals surface area contributed by atoms with Gasteiger partial charge in [-0.1, -0.05) is 0 Å². The molecule has 4 heteroatoms. The number of nitriles is 1. The third-order valence-corrected chi connectivity index (χ3v) is 3.49. The second-order valence-electron chi connectivity index (χ2n) is 2.31. The molecule has 0 radical (unpaired) electrons. The van der Waals surface area contributed by atoms with Crippen molar-refractivity contribution in [3.05, 3.63) is 34.3 Å². The van der Waals surface area contributed by atoms with Crippen molar-refractivity contribution in [1.82, 2.24) is 0 Å². The summed E-state index contributed by atoms with van der Waals surface area (Å²) < 4.78 is 3.47. The van der Waals surface area contributed by atoms with Crippen LogP contribution in [0, 0.1) is 9.38 Å². The molecule has 0 unspecified atom stereocenters. The number of rotatable bonds is 3. The van der Waals surface area contributed by atoms with Gasteiger partial charge in [0.1, 0.15) is 0 Å². The summed E-state index contributed by atoms with van der Waals surface area (Å²) in [5, 5.41) is 8.35. The van der Waals surface area contributed by atoms with Gasteiger partial charge >= 0.3 is 95.6 Å². The van der Waals surface area contributed by atoms with Crippen LogP contribution in [0.15, 0.2) is 28.7 Å². The van der Waals surface area contributed by atoms with Gasteiger partial charge < -0.3 is 0 Å². The molecule has 0 bridgehead atoms. The van der Waals surface area contributed by atoms with Crippen molar-refractivity contribution < 1.29 is 4.79 Å². The monoisotopic (exact) mass is 353 g/mol. The molecule has 0 aliphatic heterocycles. The zero-order chi connectivity index (χ0) is 9.68. The van der Waals surface area contributed by atoms with Crippen molar-refractivity contribution in [2.24, 2.45) is 0 Å². The van der Waals surface area contributed by atoms with E-state index in [2.05, 4.69) is 20.0 Å². The van der Waals surface area contributed by atoms with Gasteiger partial charge in [-0.2, -0.15) is 0 Å². The van der Waals surface area contributed by atoms with Gasteiger partial charge in [-0.05, 0) is 0 Å². The molecule has 0 atom stereocenters. The van der Waals surface area contributed by atoms with E-state index in [4.69, 9.17) is 5.26 Å². The molecule has 0 saturated heterocycles. The molecule has 0 N–H and O–H groups in total. The van der Waals surface area contributed by atoms with E-state index in [1.807, 2.05) is 12.1 Å². The summed E-state index contributed by atoms with van der Waals surface area (Å²) >= 11 is 2.53. The molecule has 66 valence electrons. The average molecular weight is 352 g/mol. The minimum atomic E-state index is -0.763. The number of carbonyl (C=O) groups is 1. The van der Waals surface area contributed by atoms with Gasteiger partial charge in [0.05, 0.1) is 0 Å². The minimum absolute atomic E-state index is 0.0800. The van der Waals surface area contributed by atoms with Crippen LogP contribution in [-0.2, 0) is 0 Å². The Hall–Kier alpha value is -0.350. The van der Waals surface area contributed by atoms with Gasteiger partial charge in [0.2, 0.25) is 0 Å². The van der Waals surface area contributed by atoms with E-state index in [9.17, 15) is 4.79 Å². The van der Waals surface area contributed by atoms with Gasteiger partial charge in [-0.25, -0.2) is 0 Å². The fourth-order valence-corrected chi connectivity index (χ4v) is 2.12. The molecule has 0 aliphatic rings. The van der Waals surface area contributed by atoms with E-state index in [-0.39, 0.29) is 5.78 Å². The SMILES string of the molecule is N#C[Te]CC(=O)c1ccc(Br)cc1. The maximum absolute atomic E-state index is 11.4. The number of Topliss-reactive ketones (excluding diaryl/α,β-unsaturated/α-hetero) is 1. The Labute approximate surface area is 95.2 Å². The van der Waals surface area contributed by atoms with Crippen molar-refractivity contribution >= 4 is 42.6 Å². The summed E-state index contributed by atoms with van der Waals surface area (Å²) in [4.78, 5) is 11.4. The zero-order valence-electron chi connectivity index (χ0n) is 6.66. The van der Waals surface area contributed by atoms with Gasteiger partial charge in [0.15, 0.2) is 0 Å². The molecule has 0 aliphatic carbocycles. The van der Waals surface area contributed by atoms with Crippen molar-refractivity contribution in [3.63, 3.8) is 0 Å². The van der Waals surface area contributed by atoms with E-state index < -0.39 is 20.9 Å². The van der Waals surface area contributed by atoms with E-state index in [0.717, 1.165) is 4.47 Å². The first kappa shape index (κ1) is 10.7. The van der Waals surface area contributed by atoms with Crippen LogP contribution in [-0.4, -0.2) is 26.7 Å². The Morgan fingerprint density at radius 2 is 2.08 bits per heavy atom. The molecule has 1 aromatic rings. The number of carbonyl (C=O) groups excluding carboxylic acids is 1. The number of hydrogen-bond donors (Lipinski definition) is 0. The third-order valence-electron chi connectivity index (χ3n) is 1.43. The summed E-state index contributed by atoms with van der Waals surface area (Å²) in [5.41, 5.74) is 0.698. The summed E-state index contributed by atoms with van der Waals surface area (Å²) in [6.07, 6.45) is 0. The van der Waals surface area contributed by atoms with Crippen LogP contribution in [0.1, 0.15) is 10.4 Å². The Bertz CT molecular complexity index is 342. The average Bonchev–Trinajstić information content (AvgIpc) is 2.15. The van der Waals surface area contributed by atoms with Gasteiger partial charge in [-0.15, -0.1) is 0 Å². The van der Waals surface area contributed by atoms with Gasteiger partial charge in [-0.3, -0.25) is 0 Å². The molecule has 0 saturated carbocycles. The van der Waals surface area contributed by atoms with E-state index in [1.54, 1.807) is 12.1 Å². The Balaban J connectivity index is 2.68. The first-order valence-corrected chi connectivity index (χ1v) is 7.14. The number of halogens is 1. The first-order chi connectivity index (χ1) is 6.24. The number of hydrogen-bond acceptors (Lipinski definition) is 2. The number of ketones is 1. The molecule has 1 aromatic carbocycles. The Kier molecular flexibility index (Phi) is 4.45. The van der Waals surface area contributed by atoms with Crippen molar-refractivity contribution in [2.75, 3.05) is 0 Å². The second-order valence-corrected chi connectivity index (χ2v) is 5.39. The summed E-state index contributed by atoms with van der Waals surface area (Å²) in [6, 6.07) is 7.22. The molecule has 0 heterocycles. The Morgan fingerprint density at radius 3 is 2.62 bits per heavy atom. The molecule has 0 amide bonds. The second kappa shape index (κ2) is 5.39. The summed E-state index contributed by atoms with van der Waals surface area (Å²) in [5.74, 6) is 0.0800. The van der Waals surface area contributed by atoms with Crippen molar-refractivity contribution in [2.45, 2.75) is 4.47 Å². The topological polar surface area (TPSA) is 40.9 Å². The standard InChI is InChI=1S/C9H6BrNOTe/c10-8-3-1-7(2-4-8)9(12)5-13-6-11/h1-4H,5H2. The van der Waals surface area contributed by atoms with Crippen LogP contribution in [0.2, 0.25) is 4.47 Å². The van der Waals surface area contributed by atoms with E-state index in [0.29, 0.717) is 10.0 Å². The zero-order valence-corrected chi connectivity index (χ0v) is 10.6. The Morgan fingerprint density at radius 1 is 1.46 bits per heavy atom. The van der Waals surface area contributed by atoms with E-state index >= 15 is 0 Å². The molecular formula is C9H6BrNOTe. The molecule has 0 spiro atoms. The predicted octanol–water partition coefficient (Wildman–Crippen LogP) is 2.24. The van der Waals surface area contributed by atoms with Crippen molar-refractivity contribution in [3.8, 4) is 4.12 Å². The third kappa shape index (κ3) is 3.48. The van der Waals surface area contributed by atoms with Crippen LogP contribution in [0.5, 0.6) is 0 Å². The van der Waals surface area contributed by atoms with Crippen LogP contribution in [0.4, 0.5) is 0 Å². The fraction of sp³-hybridized carbons (Fsp3) is 0.111. The number of nitrogens with zero attached hydrogens (tertiary/aromatic N) is 1. The van der Waals surface area contributed by atoms with Crippen LogP contribution in [0.3, 0.4) is 0 Å². The van der Waals surface area contributed by atoms with Gasteiger partial charge in [0.25, 0.3) is 0 Å². The fourth-order valence-electron chi connectivity index (χ4n) is 0.817. The molecular weight excluding hydrogens is 346 g/mol. The molecule has 0 aromatic heterocycles. The molecule has 13 heavy (non-hydrogen) atoms. The first-order valence-electron chi connectivity index (χ1n) is 3.53. The normalized spacial score (nSPS) is 9.23. The number of benzene rings is 1. The van der Waals surface area contributed by atoms with Crippen molar-refractivity contribution in [1.29, 1.82) is 5.26 Å². The quantitative estimate of drug-likeness (QED) is 0.619. The van der Waals surface area contributed by atoms with Crippen LogP contribution < -0.4 is 0 Å². The predicted molar refractivity (Wildman–Crippen MR) is 54.6 cm³/mol. The van der Waals surface area contributed by atoms with Gasteiger partial charge in [0, 0.05) is 0 Å². The molecule has 1 rings (SSSR count). The van der Waals surface area contributed by atoms with E-state index in [1.165, 1.54) is 0 Å². The molecule has 2 nitrogen and oxygen atoms in total.